The smallest absolute Gasteiger partial charge is 0.121 e. The summed E-state index contributed by atoms with van der Waals surface area (Å²) in [7, 11) is 0. The molecule has 0 radical (unpaired) electrons. The van der Waals surface area contributed by atoms with Gasteiger partial charge in [0.25, 0.3) is 0 Å². The summed E-state index contributed by atoms with van der Waals surface area (Å²) >= 11 is 1.74. The predicted molar refractivity (Wildman–Crippen MR) is 163 cm³/mol. The van der Waals surface area contributed by atoms with Gasteiger partial charge in [-0.3, -0.25) is 14.9 Å². The molecule has 5 aromatic rings. The number of thioether (sulfide) groups is 1. The lowest BCUT2D eigenvalue weighted by atomic mass is 9.86. The fraction of sp³-hybridized carbons (Fsp3) is 0.303. The number of nitrogens with one attached hydrogen (secondary N) is 2. The van der Waals surface area contributed by atoms with Gasteiger partial charge in [0.2, 0.25) is 0 Å². The molecule has 1 unspecified atom stereocenters. The molecule has 0 saturated carbocycles. The topological polar surface area (TPSA) is 69.7 Å². The average Bonchev–Trinajstić information content (AvgIpc) is 3.41. The summed E-state index contributed by atoms with van der Waals surface area (Å²) in [4.78, 5) is 21.5. The highest BCUT2D eigenvalue weighted by Crippen LogP contribution is 2.31. The molecule has 1 aliphatic carbocycles. The average molecular weight is 549 g/mol. The molecule has 0 fully saturated rings. The van der Waals surface area contributed by atoms with Crippen molar-refractivity contribution in [3.05, 3.63) is 119 Å². The summed E-state index contributed by atoms with van der Waals surface area (Å²) in [5, 5.41) is 3.56. The zero-order valence-electron chi connectivity index (χ0n) is 23.0. The summed E-state index contributed by atoms with van der Waals surface area (Å²) in [5.41, 5.74) is 8.50. The molecule has 0 saturated heterocycles. The molecule has 0 amide bonds. The molecular formula is C33H36N6S. The first-order valence-electron chi connectivity index (χ1n) is 14.1. The number of nitrogens with zero attached hydrogens (tertiary/aromatic N) is 4. The Morgan fingerprint density at radius 3 is 2.60 bits per heavy atom. The highest BCUT2D eigenvalue weighted by molar-refractivity contribution is 7.98. The van der Waals surface area contributed by atoms with Crippen molar-refractivity contribution >= 4 is 22.8 Å². The van der Waals surface area contributed by atoms with Crippen LogP contribution in [0, 0.1) is 0 Å². The first kappa shape index (κ1) is 26.7. The van der Waals surface area contributed by atoms with E-state index in [4.69, 9.17) is 9.97 Å². The van der Waals surface area contributed by atoms with Gasteiger partial charge in [-0.25, -0.2) is 4.98 Å². The highest BCUT2D eigenvalue weighted by Gasteiger charge is 2.24. The Bertz CT molecular complexity index is 1510. The number of para-hydroxylation sites is 2. The first-order chi connectivity index (χ1) is 19.7. The second kappa shape index (κ2) is 12.8. The molecule has 1 aliphatic rings. The summed E-state index contributed by atoms with van der Waals surface area (Å²) < 4.78 is 0. The summed E-state index contributed by atoms with van der Waals surface area (Å²) in [5.74, 6) is 1.45. The Morgan fingerprint density at radius 1 is 0.900 bits per heavy atom. The Labute approximate surface area is 240 Å². The van der Waals surface area contributed by atoms with Crippen molar-refractivity contribution in [2.45, 2.75) is 56.3 Å². The number of imidazole rings is 1. The Kier molecular flexibility index (Phi) is 8.52. The molecule has 0 bridgehead atoms. The Morgan fingerprint density at radius 2 is 1.73 bits per heavy atom. The number of hydrogen-bond acceptors (Lipinski definition) is 6. The van der Waals surface area contributed by atoms with Crippen LogP contribution in [0.15, 0.2) is 90.1 Å². The molecule has 6 nitrogen and oxygen atoms in total. The van der Waals surface area contributed by atoms with E-state index in [0.29, 0.717) is 5.92 Å². The lowest BCUT2D eigenvalue weighted by Crippen LogP contribution is -2.30. The van der Waals surface area contributed by atoms with E-state index in [1.54, 1.807) is 11.8 Å². The van der Waals surface area contributed by atoms with Crippen LogP contribution in [0.1, 0.15) is 52.7 Å². The standard InChI is InChI=1S/C33H36N6S/c1-40-31-12-6-17-35-30(31)20-34-19-24-13-15-25(16-14-24)21-39(23-32-37-28-10-2-3-11-29(28)38-32)22-27-8-4-7-26-9-5-18-36-33(26)27/h2-3,5-6,9-18,27,34H,4,7-8,19-23H2,1H3,(H,37,38). The van der Waals surface area contributed by atoms with Gasteiger partial charge in [-0.15, -0.1) is 11.8 Å². The number of rotatable bonds is 11. The van der Waals surface area contributed by atoms with E-state index < -0.39 is 0 Å². The maximum absolute atomic E-state index is 4.89. The molecule has 40 heavy (non-hydrogen) atoms. The third kappa shape index (κ3) is 6.44. The van der Waals surface area contributed by atoms with Crippen molar-refractivity contribution < 1.29 is 0 Å². The third-order valence-corrected chi connectivity index (χ3v) is 8.53. The maximum atomic E-state index is 4.89. The van der Waals surface area contributed by atoms with Gasteiger partial charge >= 0.3 is 0 Å². The van der Waals surface area contributed by atoms with Crippen LogP contribution in [0.3, 0.4) is 0 Å². The van der Waals surface area contributed by atoms with Gasteiger partial charge in [0.15, 0.2) is 0 Å². The number of H-pyrrole nitrogens is 1. The number of aromatic nitrogens is 4. The van der Waals surface area contributed by atoms with Crippen LogP contribution in [-0.2, 0) is 32.6 Å². The van der Waals surface area contributed by atoms with Crippen molar-refractivity contribution in [3.8, 4) is 0 Å². The highest BCUT2D eigenvalue weighted by atomic mass is 32.2. The first-order valence-corrected chi connectivity index (χ1v) is 15.3. The van der Waals surface area contributed by atoms with Crippen LogP contribution >= 0.6 is 11.8 Å². The number of hydrogen-bond donors (Lipinski definition) is 2. The van der Waals surface area contributed by atoms with Crippen LogP contribution in [0.2, 0.25) is 0 Å². The zero-order chi connectivity index (χ0) is 27.1. The van der Waals surface area contributed by atoms with Crippen molar-refractivity contribution in [3.63, 3.8) is 0 Å². The number of fused-ring (bicyclic) bond motifs is 2. The van der Waals surface area contributed by atoms with Crippen molar-refractivity contribution in [1.29, 1.82) is 0 Å². The molecule has 204 valence electrons. The van der Waals surface area contributed by atoms with E-state index in [1.165, 1.54) is 40.1 Å². The molecule has 2 N–H and O–H groups in total. The third-order valence-electron chi connectivity index (χ3n) is 7.72. The molecule has 0 aliphatic heterocycles. The molecule has 2 aromatic carbocycles. The summed E-state index contributed by atoms with van der Waals surface area (Å²) in [6.45, 7) is 4.19. The minimum absolute atomic E-state index is 0.440. The normalized spacial score (nSPS) is 15.0. The van der Waals surface area contributed by atoms with E-state index in [0.717, 1.165) is 61.7 Å². The number of aryl methyl sites for hydroxylation is 1. The molecule has 1 atom stereocenters. The second-order valence-corrected chi connectivity index (χ2v) is 11.4. The Balaban J connectivity index is 1.14. The lowest BCUT2D eigenvalue weighted by molar-refractivity contribution is 0.225. The second-order valence-electron chi connectivity index (χ2n) is 10.6. The fourth-order valence-corrected chi connectivity index (χ4v) is 6.34. The number of aromatic amines is 1. The van der Waals surface area contributed by atoms with E-state index >= 15 is 0 Å². The minimum Gasteiger partial charge on any atom is -0.341 e. The largest absolute Gasteiger partial charge is 0.341 e. The van der Waals surface area contributed by atoms with Crippen LogP contribution in [0.4, 0.5) is 0 Å². The minimum atomic E-state index is 0.440. The van der Waals surface area contributed by atoms with Gasteiger partial charge in [-0.1, -0.05) is 42.5 Å². The molecule has 3 heterocycles. The van der Waals surface area contributed by atoms with Crippen molar-refractivity contribution in [2.75, 3.05) is 12.8 Å². The number of pyridine rings is 2. The van der Waals surface area contributed by atoms with E-state index in [1.807, 2.05) is 24.5 Å². The molecular weight excluding hydrogens is 512 g/mol. The maximum Gasteiger partial charge on any atom is 0.121 e. The predicted octanol–water partition coefficient (Wildman–Crippen LogP) is 6.49. The molecule has 3 aromatic heterocycles. The van der Waals surface area contributed by atoms with Crippen LogP contribution < -0.4 is 5.32 Å². The van der Waals surface area contributed by atoms with E-state index in [-0.39, 0.29) is 0 Å². The van der Waals surface area contributed by atoms with Gasteiger partial charge in [0.05, 0.1) is 23.3 Å². The molecule has 6 rings (SSSR count). The van der Waals surface area contributed by atoms with Gasteiger partial charge < -0.3 is 10.3 Å². The summed E-state index contributed by atoms with van der Waals surface area (Å²) in [6, 6.07) is 25.7. The zero-order valence-corrected chi connectivity index (χ0v) is 23.8. The van der Waals surface area contributed by atoms with E-state index in [9.17, 15) is 0 Å². The molecule has 7 heteroatoms. The Hall–Kier alpha value is -3.52. The molecule has 0 spiro atoms. The quantitative estimate of drug-likeness (QED) is 0.184. The van der Waals surface area contributed by atoms with Crippen LogP contribution in [0.25, 0.3) is 11.0 Å². The van der Waals surface area contributed by atoms with Gasteiger partial charge in [0, 0.05) is 55.1 Å². The van der Waals surface area contributed by atoms with Gasteiger partial charge in [0.1, 0.15) is 5.82 Å². The van der Waals surface area contributed by atoms with Crippen LogP contribution in [-0.4, -0.2) is 37.6 Å². The van der Waals surface area contributed by atoms with Crippen molar-refractivity contribution in [2.24, 2.45) is 0 Å². The van der Waals surface area contributed by atoms with Crippen LogP contribution in [0.5, 0.6) is 0 Å². The van der Waals surface area contributed by atoms with Gasteiger partial charge in [-0.2, -0.15) is 0 Å². The SMILES string of the molecule is CSc1cccnc1CNCc1ccc(CN(Cc2nc3ccccc3[nH]2)CC2CCCc3cccnc32)cc1. The fourth-order valence-electron chi connectivity index (χ4n) is 5.76. The van der Waals surface area contributed by atoms with Crippen molar-refractivity contribution in [1.82, 2.24) is 30.2 Å². The summed E-state index contributed by atoms with van der Waals surface area (Å²) in [6.07, 6.45) is 9.45. The lowest BCUT2D eigenvalue weighted by Gasteiger charge is -2.30. The van der Waals surface area contributed by atoms with Gasteiger partial charge in [-0.05, 0) is 72.5 Å². The van der Waals surface area contributed by atoms with E-state index in [2.05, 4.69) is 87.1 Å². The number of benzene rings is 2. The monoisotopic (exact) mass is 548 g/mol.